The lowest BCUT2D eigenvalue weighted by atomic mass is 10.1. The molecule has 2 rings (SSSR count). The van der Waals surface area contributed by atoms with Gasteiger partial charge in [0.1, 0.15) is 0 Å². The maximum Gasteiger partial charge on any atom is 0.313 e. The number of hydrogen-bond donors (Lipinski definition) is 1. The van der Waals surface area contributed by atoms with Gasteiger partial charge in [-0.2, -0.15) is 0 Å². The molecule has 4 nitrogen and oxygen atoms in total. The molecular weight excluding hydrogens is 248 g/mol. The van der Waals surface area contributed by atoms with Gasteiger partial charge in [-0.15, -0.1) is 0 Å². The van der Waals surface area contributed by atoms with Crippen molar-refractivity contribution in [3.63, 3.8) is 0 Å². The molecule has 5 heteroatoms. The van der Waals surface area contributed by atoms with Crippen molar-refractivity contribution in [2.24, 2.45) is 5.41 Å². The van der Waals surface area contributed by atoms with E-state index in [9.17, 15) is 4.79 Å². The van der Waals surface area contributed by atoms with E-state index in [4.69, 9.17) is 5.11 Å². The molecule has 1 aromatic heterocycles. The van der Waals surface area contributed by atoms with Crippen LogP contribution in [0.2, 0.25) is 0 Å². The summed E-state index contributed by atoms with van der Waals surface area (Å²) in [5, 5.41) is 9.62. The van der Waals surface area contributed by atoms with Crippen molar-refractivity contribution in [3.8, 4) is 0 Å². The lowest BCUT2D eigenvalue weighted by molar-refractivity contribution is -0.133. The largest absolute Gasteiger partial charge is 0.481 e. The molecule has 0 saturated heterocycles. The van der Waals surface area contributed by atoms with Crippen molar-refractivity contribution in [2.75, 3.05) is 5.75 Å². The lowest BCUT2D eigenvalue weighted by Crippen LogP contribution is -2.08. The average Bonchev–Trinajstić information content (AvgIpc) is 2.73. The van der Waals surface area contributed by atoms with Crippen molar-refractivity contribution in [1.82, 2.24) is 9.55 Å². The summed E-state index contributed by atoms with van der Waals surface area (Å²) in [7, 11) is 0. The summed E-state index contributed by atoms with van der Waals surface area (Å²) in [5.74, 6) is -0.314. The highest BCUT2D eigenvalue weighted by Gasteiger charge is 2.48. The average molecular weight is 268 g/mol. The van der Waals surface area contributed by atoms with Gasteiger partial charge in [0.25, 0.3) is 0 Å². The monoisotopic (exact) mass is 268 g/mol. The SMILES string of the molecule is CC(C)c1cnc(SCC(=O)O)n1C1CC1(C)C. The molecule has 1 atom stereocenters. The van der Waals surface area contributed by atoms with E-state index >= 15 is 0 Å². The molecule has 18 heavy (non-hydrogen) atoms. The van der Waals surface area contributed by atoms with E-state index in [0.717, 1.165) is 11.6 Å². The summed E-state index contributed by atoms with van der Waals surface area (Å²) in [6, 6.07) is 0.466. The number of carboxylic acids is 1. The van der Waals surface area contributed by atoms with Gasteiger partial charge in [-0.1, -0.05) is 39.5 Å². The Labute approximate surface area is 112 Å². The van der Waals surface area contributed by atoms with Gasteiger partial charge in [-0.3, -0.25) is 4.79 Å². The fraction of sp³-hybridized carbons (Fsp3) is 0.692. The van der Waals surface area contributed by atoms with Crippen LogP contribution in [0.5, 0.6) is 0 Å². The zero-order chi connectivity index (χ0) is 13.5. The van der Waals surface area contributed by atoms with Gasteiger partial charge in [-0.25, -0.2) is 4.98 Å². The predicted molar refractivity (Wildman–Crippen MR) is 72.1 cm³/mol. The fourth-order valence-corrected chi connectivity index (χ4v) is 2.96. The number of imidazole rings is 1. The minimum Gasteiger partial charge on any atom is -0.481 e. The molecule has 1 aliphatic carbocycles. The Morgan fingerprint density at radius 3 is 2.72 bits per heavy atom. The van der Waals surface area contributed by atoms with Crippen molar-refractivity contribution in [1.29, 1.82) is 0 Å². The van der Waals surface area contributed by atoms with Crippen LogP contribution in [0.1, 0.15) is 51.8 Å². The number of carbonyl (C=O) groups is 1. The molecule has 0 bridgehead atoms. The van der Waals surface area contributed by atoms with Gasteiger partial charge in [0.05, 0.1) is 5.75 Å². The number of hydrogen-bond acceptors (Lipinski definition) is 3. The number of thioether (sulfide) groups is 1. The van der Waals surface area contributed by atoms with Crippen LogP contribution in [0, 0.1) is 5.41 Å². The highest BCUT2D eigenvalue weighted by molar-refractivity contribution is 7.99. The van der Waals surface area contributed by atoms with Crippen molar-refractivity contribution >= 4 is 17.7 Å². The second kappa shape index (κ2) is 4.61. The van der Waals surface area contributed by atoms with Crippen LogP contribution in [-0.4, -0.2) is 26.4 Å². The van der Waals surface area contributed by atoms with Crippen LogP contribution in [0.4, 0.5) is 0 Å². The standard InChI is InChI=1S/C13H20N2O2S/c1-8(2)9-6-14-12(18-7-11(16)17)15(9)10-5-13(10,3)4/h6,8,10H,5,7H2,1-4H3,(H,16,17). The van der Waals surface area contributed by atoms with Crippen molar-refractivity contribution in [3.05, 3.63) is 11.9 Å². The first-order chi connectivity index (χ1) is 8.33. The number of rotatable bonds is 5. The summed E-state index contributed by atoms with van der Waals surface area (Å²) in [5.41, 5.74) is 1.52. The number of aliphatic carboxylic acids is 1. The predicted octanol–water partition coefficient (Wildman–Crippen LogP) is 3.15. The van der Waals surface area contributed by atoms with Crippen molar-refractivity contribution < 1.29 is 9.90 Å². The molecule has 0 radical (unpaired) electrons. The van der Waals surface area contributed by atoms with Gasteiger partial charge in [-0.05, 0) is 17.8 Å². The maximum absolute atomic E-state index is 10.7. The third-order valence-corrected chi connectivity index (χ3v) is 4.43. The second-order valence-corrected chi connectivity index (χ2v) is 6.82. The first-order valence-electron chi connectivity index (χ1n) is 6.24. The maximum atomic E-state index is 10.7. The van der Waals surface area contributed by atoms with E-state index in [0.29, 0.717) is 17.4 Å². The van der Waals surface area contributed by atoms with Crippen LogP contribution in [0.3, 0.4) is 0 Å². The van der Waals surface area contributed by atoms with Gasteiger partial charge >= 0.3 is 5.97 Å². The smallest absolute Gasteiger partial charge is 0.313 e. The molecule has 1 unspecified atom stereocenters. The highest BCUT2D eigenvalue weighted by atomic mass is 32.2. The topological polar surface area (TPSA) is 55.1 Å². The molecule has 1 aliphatic rings. The Hall–Kier alpha value is -0.970. The van der Waals surface area contributed by atoms with Crippen molar-refractivity contribution in [2.45, 2.75) is 51.2 Å². The van der Waals surface area contributed by atoms with Gasteiger partial charge in [0.15, 0.2) is 5.16 Å². The zero-order valence-corrected chi connectivity index (χ0v) is 12.1. The second-order valence-electron chi connectivity index (χ2n) is 5.88. The molecule has 1 heterocycles. The number of aromatic nitrogens is 2. The third kappa shape index (κ3) is 2.55. The Kier molecular flexibility index (Phi) is 3.45. The Balaban J connectivity index is 2.27. The van der Waals surface area contributed by atoms with Crippen LogP contribution in [0.25, 0.3) is 0 Å². The minimum absolute atomic E-state index is 0.0711. The third-order valence-electron chi connectivity index (χ3n) is 3.48. The van der Waals surface area contributed by atoms with Crippen LogP contribution >= 0.6 is 11.8 Å². The summed E-state index contributed by atoms with van der Waals surface area (Å²) in [6.07, 6.45) is 3.03. The Morgan fingerprint density at radius 1 is 1.67 bits per heavy atom. The first-order valence-corrected chi connectivity index (χ1v) is 7.23. The quantitative estimate of drug-likeness (QED) is 0.833. The van der Waals surface area contributed by atoms with E-state index in [2.05, 4.69) is 37.2 Å². The fourth-order valence-electron chi connectivity index (χ4n) is 2.21. The molecule has 0 amide bonds. The summed E-state index contributed by atoms with van der Waals surface area (Å²) in [6.45, 7) is 8.78. The summed E-state index contributed by atoms with van der Waals surface area (Å²) >= 11 is 1.31. The van der Waals surface area contributed by atoms with Gasteiger partial charge < -0.3 is 9.67 Å². The normalized spacial score (nSPS) is 21.3. The molecule has 0 aliphatic heterocycles. The molecule has 0 aromatic carbocycles. The summed E-state index contributed by atoms with van der Waals surface area (Å²) < 4.78 is 2.25. The molecule has 1 aromatic rings. The molecule has 1 saturated carbocycles. The molecule has 1 N–H and O–H groups in total. The molecule has 0 spiro atoms. The van der Waals surface area contributed by atoms with Crippen LogP contribution < -0.4 is 0 Å². The molecule has 1 fully saturated rings. The van der Waals surface area contributed by atoms with E-state index < -0.39 is 5.97 Å². The van der Waals surface area contributed by atoms with Gasteiger partial charge in [0, 0.05) is 17.9 Å². The highest BCUT2D eigenvalue weighted by Crippen LogP contribution is 2.57. The molecular formula is C13H20N2O2S. The molecule has 100 valence electrons. The van der Waals surface area contributed by atoms with E-state index in [1.54, 1.807) is 0 Å². The zero-order valence-electron chi connectivity index (χ0n) is 11.3. The first kappa shape index (κ1) is 13.5. The number of nitrogens with zero attached hydrogens (tertiary/aromatic N) is 2. The van der Waals surface area contributed by atoms with E-state index in [1.807, 2.05) is 6.20 Å². The summed E-state index contributed by atoms with van der Waals surface area (Å²) in [4.78, 5) is 15.1. The van der Waals surface area contributed by atoms with Crippen LogP contribution in [0.15, 0.2) is 11.4 Å². The number of carboxylic acid groups (broad SMARTS) is 1. The van der Waals surface area contributed by atoms with Gasteiger partial charge in [0.2, 0.25) is 0 Å². The van der Waals surface area contributed by atoms with E-state index in [-0.39, 0.29) is 5.75 Å². The Morgan fingerprint density at radius 2 is 2.28 bits per heavy atom. The lowest BCUT2D eigenvalue weighted by Gasteiger charge is -2.15. The van der Waals surface area contributed by atoms with Crippen LogP contribution in [-0.2, 0) is 4.79 Å². The van der Waals surface area contributed by atoms with E-state index in [1.165, 1.54) is 17.5 Å². The Bertz CT molecular complexity index is 466. The minimum atomic E-state index is -0.796.